The molecule has 0 aromatic heterocycles. The predicted octanol–water partition coefficient (Wildman–Crippen LogP) is 3.97. The Kier molecular flexibility index (Phi) is 5.66. The summed E-state index contributed by atoms with van der Waals surface area (Å²) in [6.07, 6.45) is 9.52. The summed E-state index contributed by atoms with van der Waals surface area (Å²) in [5.74, 6) is 2.60. The van der Waals surface area contributed by atoms with Crippen LogP contribution < -0.4 is 5.73 Å². The Bertz CT molecular complexity index is 163. The van der Waals surface area contributed by atoms with Gasteiger partial charge in [-0.3, -0.25) is 0 Å². The van der Waals surface area contributed by atoms with Crippen molar-refractivity contribution in [2.24, 2.45) is 23.5 Å². The second-order valence-corrected chi connectivity index (χ2v) is 5.51. The predicted molar refractivity (Wildman–Crippen MR) is 67.8 cm³/mol. The minimum Gasteiger partial charge on any atom is -0.327 e. The smallest absolute Gasteiger partial charge is 0.00698 e. The van der Waals surface area contributed by atoms with Crippen molar-refractivity contribution >= 4 is 0 Å². The first kappa shape index (κ1) is 13.0. The van der Waals surface area contributed by atoms with E-state index in [-0.39, 0.29) is 0 Å². The molecule has 1 rings (SSSR count). The van der Waals surface area contributed by atoms with Crippen LogP contribution in [0.3, 0.4) is 0 Å². The van der Waals surface area contributed by atoms with E-state index < -0.39 is 0 Å². The zero-order chi connectivity index (χ0) is 11.3. The van der Waals surface area contributed by atoms with E-state index >= 15 is 0 Å². The largest absolute Gasteiger partial charge is 0.327 e. The van der Waals surface area contributed by atoms with Crippen LogP contribution in [0.15, 0.2) is 0 Å². The van der Waals surface area contributed by atoms with Crippen LogP contribution in [0.5, 0.6) is 0 Å². The van der Waals surface area contributed by atoms with Crippen LogP contribution in [0, 0.1) is 17.8 Å². The summed E-state index contributed by atoms with van der Waals surface area (Å²) in [5.41, 5.74) is 6.31. The number of unbranched alkanes of at least 4 members (excludes halogenated alkanes) is 1. The van der Waals surface area contributed by atoms with E-state index in [1.807, 2.05) is 0 Å². The van der Waals surface area contributed by atoms with Crippen molar-refractivity contribution in [3.05, 3.63) is 0 Å². The molecule has 3 atom stereocenters. The second-order valence-electron chi connectivity index (χ2n) is 5.51. The van der Waals surface area contributed by atoms with E-state index in [2.05, 4.69) is 20.8 Å². The van der Waals surface area contributed by atoms with E-state index in [0.717, 1.165) is 17.8 Å². The standard InChI is InChI=1S/C14H29N/c1-4-6-7-12(5-2)10-14(15)11(3)13-8-9-13/h11-14H,4-10,15H2,1-3H3. The fourth-order valence-corrected chi connectivity index (χ4v) is 2.55. The molecule has 3 unspecified atom stereocenters. The van der Waals surface area contributed by atoms with Gasteiger partial charge in [-0.25, -0.2) is 0 Å². The van der Waals surface area contributed by atoms with Gasteiger partial charge in [0, 0.05) is 6.04 Å². The molecule has 1 heteroatoms. The molecule has 0 aromatic rings. The summed E-state index contributed by atoms with van der Waals surface area (Å²) in [4.78, 5) is 0. The van der Waals surface area contributed by atoms with Gasteiger partial charge >= 0.3 is 0 Å². The van der Waals surface area contributed by atoms with E-state index in [9.17, 15) is 0 Å². The molecule has 0 saturated heterocycles. The van der Waals surface area contributed by atoms with Crippen LogP contribution >= 0.6 is 0 Å². The van der Waals surface area contributed by atoms with Crippen molar-refractivity contribution in [3.8, 4) is 0 Å². The Morgan fingerprint density at radius 1 is 1.27 bits per heavy atom. The molecule has 90 valence electrons. The van der Waals surface area contributed by atoms with Crippen LogP contribution in [0.25, 0.3) is 0 Å². The van der Waals surface area contributed by atoms with Crippen LogP contribution in [0.4, 0.5) is 0 Å². The third-order valence-corrected chi connectivity index (χ3v) is 4.19. The molecule has 1 fully saturated rings. The van der Waals surface area contributed by atoms with Gasteiger partial charge in [0.2, 0.25) is 0 Å². The van der Waals surface area contributed by atoms with Crippen molar-refractivity contribution in [1.29, 1.82) is 0 Å². The summed E-state index contributed by atoms with van der Waals surface area (Å²) in [6.45, 7) is 6.95. The summed E-state index contributed by atoms with van der Waals surface area (Å²) in [7, 11) is 0. The first-order valence-corrected chi connectivity index (χ1v) is 6.94. The molecule has 0 bridgehead atoms. The zero-order valence-corrected chi connectivity index (χ0v) is 10.8. The Hall–Kier alpha value is -0.0400. The molecular formula is C14H29N. The van der Waals surface area contributed by atoms with Gasteiger partial charge < -0.3 is 5.73 Å². The quantitative estimate of drug-likeness (QED) is 0.646. The van der Waals surface area contributed by atoms with Crippen LogP contribution in [0.1, 0.15) is 65.7 Å². The lowest BCUT2D eigenvalue weighted by molar-refractivity contribution is 0.311. The average molecular weight is 211 g/mol. The molecule has 0 spiro atoms. The maximum atomic E-state index is 6.31. The monoisotopic (exact) mass is 211 g/mol. The third kappa shape index (κ3) is 4.55. The van der Waals surface area contributed by atoms with Crippen LogP contribution in [-0.4, -0.2) is 6.04 Å². The minimum atomic E-state index is 0.458. The van der Waals surface area contributed by atoms with Crippen molar-refractivity contribution in [2.75, 3.05) is 0 Å². The van der Waals surface area contributed by atoms with Gasteiger partial charge in [-0.2, -0.15) is 0 Å². The first-order chi connectivity index (χ1) is 7.19. The lowest BCUT2D eigenvalue weighted by Gasteiger charge is -2.24. The molecule has 2 N–H and O–H groups in total. The van der Waals surface area contributed by atoms with Crippen molar-refractivity contribution in [2.45, 2.75) is 71.8 Å². The fraction of sp³-hybridized carbons (Fsp3) is 1.00. The summed E-state index contributed by atoms with van der Waals surface area (Å²) < 4.78 is 0. The molecule has 0 aliphatic heterocycles. The molecule has 0 radical (unpaired) electrons. The molecule has 1 aliphatic carbocycles. The van der Waals surface area contributed by atoms with Gasteiger partial charge in [-0.1, -0.05) is 46.5 Å². The summed E-state index contributed by atoms with van der Waals surface area (Å²) in [5, 5.41) is 0. The molecule has 0 heterocycles. The number of hydrogen-bond acceptors (Lipinski definition) is 1. The molecule has 1 aliphatic rings. The Morgan fingerprint density at radius 3 is 2.40 bits per heavy atom. The number of rotatable bonds is 8. The van der Waals surface area contributed by atoms with Crippen molar-refractivity contribution in [3.63, 3.8) is 0 Å². The Labute approximate surface area is 95.8 Å². The number of hydrogen-bond donors (Lipinski definition) is 1. The van der Waals surface area contributed by atoms with Gasteiger partial charge in [-0.05, 0) is 37.0 Å². The minimum absolute atomic E-state index is 0.458. The normalized spacial score (nSPS) is 22.4. The highest BCUT2D eigenvalue weighted by molar-refractivity contribution is 4.85. The lowest BCUT2D eigenvalue weighted by atomic mass is 9.86. The Morgan fingerprint density at radius 2 is 1.93 bits per heavy atom. The molecular weight excluding hydrogens is 182 g/mol. The van der Waals surface area contributed by atoms with Crippen LogP contribution in [-0.2, 0) is 0 Å². The van der Waals surface area contributed by atoms with Crippen molar-refractivity contribution < 1.29 is 0 Å². The molecule has 0 amide bonds. The maximum Gasteiger partial charge on any atom is 0.00698 e. The van der Waals surface area contributed by atoms with Crippen molar-refractivity contribution in [1.82, 2.24) is 0 Å². The maximum absolute atomic E-state index is 6.31. The van der Waals surface area contributed by atoms with Gasteiger partial charge in [0.05, 0.1) is 0 Å². The Balaban J connectivity index is 2.22. The molecule has 0 aromatic carbocycles. The average Bonchev–Trinajstić information content (AvgIpc) is 3.06. The van der Waals surface area contributed by atoms with Gasteiger partial charge in [0.25, 0.3) is 0 Å². The SMILES string of the molecule is CCCCC(CC)CC(N)C(C)C1CC1. The van der Waals surface area contributed by atoms with Gasteiger partial charge in [0.1, 0.15) is 0 Å². The molecule has 15 heavy (non-hydrogen) atoms. The summed E-state index contributed by atoms with van der Waals surface area (Å²) in [6, 6.07) is 0.458. The fourth-order valence-electron chi connectivity index (χ4n) is 2.55. The second kappa shape index (κ2) is 6.52. The molecule has 1 nitrogen and oxygen atoms in total. The van der Waals surface area contributed by atoms with E-state index in [0.29, 0.717) is 6.04 Å². The topological polar surface area (TPSA) is 26.0 Å². The highest BCUT2D eigenvalue weighted by atomic mass is 14.7. The lowest BCUT2D eigenvalue weighted by Crippen LogP contribution is -2.31. The highest BCUT2D eigenvalue weighted by Gasteiger charge is 2.32. The molecule has 1 saturated carbocycles. The zero-order valence-electron chi connectivity index (χ0n) is 10.8. The van der Waals surface area contributed by atoms with E-state index in [1.165, 1.54) is 44.9 Å². The van der Waals surface area contributed by atoms with Crippen LogP contribution in [0.2, 0.25) is 0 Å². The highest BCUT2D eigenvalue weighted by Crippen LogP contribution is 2.39. The van der Waals surface area contributed by atoms with Gasteiger partial charge in [0.15, 0.2) is 0 Å². The number of nitrogens with two attached hydrogens (primary N) is 1. The summed E-state index contributed by atoms with van der Waals surface area (Å²) >= 11 is 0. The first-order valence-electron chi connectivity index (χ1n) is 6.94. The van der Waals surface area contributed by atoms with E-state index in [4.69, 9.17) is 5.73 Å². The van der Waals surface area contributed by atoms with Gasteiger partial charge in [-0.15, -0.1) is 0 Å². The third-order valence-electron chi connectivity index (χ3n) is 4.19. The van der Waals surface area contributed by atoms with E-state index in [1.54, 1.807) is 0 Å².